The summed E-state index contributed by atoms with van der Waals surface area (Å²) in [6, 6.07) is 12.0. The molecule has 0 saturated carbocycles. The maximum Gasteiger partial charge on any atom is 0.130 e. The van der Waals surface area contributed by atoms with Crippen LogP contribution in [-0.2, 0) is 13.0 Å². The first-order chi connectivity index (χ1) is 9.98. The number of aromatic nitrogens is 1. The van der Waals surface area contributed by atoms with Crippen LogP contribution in [-0.4, -0.2) is 10.5 Å². The fraction of sp³-hybridized carbons (Fsp3) is 0.389. The SMILES string of the molecule is CCc1ccccc1Oc1ccnc(CNC(C)(C)C)c1. The molecule has 2 rings (SSSR count). The zero-order valence-electron chi connectivity index (χ0n) is 13.3. The highest BCUT2D eigenvalue weighted by Gasteiger charge is 2.09. The van der Waals surface area contributed by atoms with Gasteiger partial charge in [0.05, 0.1) is 5.69 Å². The molecule has 1 aromatic carbocycles. The number of para-hydroxylation sites is 1. The van der Waals surface area contributed by atoms with Crippen LogP contribution in [0.1, 0.15) is 39.0 Å². The minimum absolute atomic E-state index is 0.0767. The van der Waals surface area contributed by atoms with E-state index < -0.39 is 0 Å². The van der Waals surface area contributed by atoms with Gasteiger partial charge < -0.3 is 10.1 Å². The molecule has 0 aliphatic carbocycles. The molecular formula is C18H24N2O. The summed E-state index contributed by atoms with van der Waals surface area (Å²) in [4.78, 5) is 4.38. The average molecular weight is 284 g/mol. The Bertz CT molecular complexity index is 588. The Labute approximate surface area is 127 Å². The molecule has 112 valence electrons. The summed E-state index contributed by atoms with van der Waals surface area (Å²) >= 11 is 0. The van der Waals surface area contributed by atoms with Crippen molar-refractivity contribution in [1.29, 1.82) is 0 Å². The van der Waals surface area contributed by atoms with Gasteiger partial charge in [-0.05, 0) is 44.9 Å². The smallest absolute Gasteiger partial charge is 0.130 e. The molecule has 0 aliphatic heterocycles. The first-order valence-corrected chi connectivity index (χ1v) is 7.43. The van der Waals surface area contributed by atoms with Gasteiger partial charge in [0.25, 0.3) is 0 Å². The Kier molecular flexibility index (Phi) is 4.97. The predicted octanol–water partition coefficient (Wildman–Crippen LogP) is 4.32. The topological polar surface area (TPSA) is 34.1 Å². The largest absolute Gasteiger partial charge is 0.457 e. The van der Waals surface area contributed by atoms with Crippen molar-refractivity contribution in [2.75, 3.05) is 0 Å². The van der Waals surface area contributed by atoms with Gasteiger partial charge in [-0.2, -0.15) is 0 Å². The predicted molar refractivity (Wildman–Crippen MR) is 86.7 cm³/mol. The molecule has 0 bridgehead atoms. The molecule has 21 heavy (non-hydrogen) atoms. The molecule has 0 aliphatic rings. The van der Waals surface area contributed by atoms with Gasteiger partial charge >= 0.3 is 0 Å². The molecule has 0 spiro atoms. The van der Waals surface area contributed by atoms with E-state index in [0.29, 0.717) is 0 Å². The summed E-state index contributed by atoms with van der Waals surface area (Å²) in [5.41, 5.74) is 2.27. The van der Waals surface area contributed by atoms with Gasteiger partial charge in [-0.3, -0.25) is 4.98 Å². The molecule has 0 amide bonds. The first kappa shape index (κ1) is 15.5. The molecule has 0 atom stereocenters. The second kappa shape index (κ2) is 6.72. The van der Waals surface area contributed by atoms with Crippen molar-refractivity contribution in [3.05, 3.63) is 53.9 Å². The number of benzene rings is 1. The number of nitrogens with zero attached hydrogens (tertiary/aromatic N) is 1. The normalized spacial score (nSPS) is 11.4. The Balaban J connectivity index is 2.10. The van der Waals surface area contributed by atoms with E-state index in [-0.39, 0.29) is 5.54 Å². The second-order valence-electron chi connectivity index (χ2n) is 6.15. The Morgan fingerprint density at radius 1 is 1.14 bits per heavy atom. The van der Waals surface area contributed by atoms with Crippen molar-refractivity contribution in [2.24, 2.45) is 0 Å². The highest BCUT2D eigenvalue weighted by molar-refractivity contribution is 5.37. The fourth-order valence-corrected chi connectivity index (χ4v) is 1.99. The van der Waals surface area contributed by atoms with Gasteiger partial charge in [0.1, 0.15) is 11.5 Å². The molecule has 0 fully saturated rings. The van der Waals surface area contributed by atoms with Crippen molar-refractivity contribution < 1.29 is 4.74 Å². The van der Waals surface area contributed by atoms with Gasteiger partial charge in [0.2, 0.25) is 0 Å². The maximum absolute atomic E-state index is 6.01. The third-order valence-electron chi connectivity index (χ3n) is 3.17. The van der Waals surface area contributed by atoms with Gasteiger partial charge in [-0.1, -0.05) is 25.1 Å². The number of rotatable bonds is 5. The highest BCUT2D eigenvalue weighted by Crippen LogP contribution is 2.25. The van der Waals surface area contributed by atoms with Crippen LogP contribution in [0.15, 0.2) is 42.6 Å². The van der Waals surface area contributed by atoms with Crippen LogP contribution < -0.4 is 10.1 Å². The summed E-state index contributed by atoms with van der Waals surface area (Å²) in [6.45, 7) is 9.30. The van der Waals surface area contributed by atoms with Gasteiger partial charge in [0.15, 0.2) is 0 Å². The van der Waals surface area contributed by atoms with E-state index in [2.05, 4.69) is 44.1 Å². The lowest BCUT2D eigenvalue weighted by molar-refractivity contribution is 0.419. The Morgan fingerprint density at radius 2 is 1.90 bits per heavy atom. The molecule has 0 saturated heterocycles. The number of ether oxygens (including phenoxy) is 1. The van der Waals surface area contributed by atoms with Crippen LogP contribution in [0.5, 0.6) is 11.5 Å². The van der Waals surface area contributed by atoms with Crippen LogP contribution in [0.3, 0.4) is 0 Å². The quantitative estimate of drug-likeness (QED) is 0.887. The zero-order chi connectivity index (χ0) is 15.3. The second-order valence-corrected chi connectivity index (χ2v) is 6.15. The molecule has 1 aromatic heterocycles. The van der Waals surface area contributed by atoms with E-state index in [9.17, 15) is 0 Å². The molecular weight excluding hydrogens is 260 g/mol. The van der Waals surface area contributed by atoms with E-state index in [1.54, 1.807) is 6.20 Å². The van der Waals surface area contributed by atoms with E-state index in [1.807, 2.05) is 30.3 Å². The summed E-state index contributed by atoms with van der Waals surface area (Å²) in [7, 11) is 0. The van der Waals surface area contributed by atoms with Crippen LogP contribution in [0, 0.1) is 0 Å². The number of aryl methyl sites for hydroxylation is 1. The van der Waals surface area contributed by atoms with Crippen LogP contribution >= 0.6 is 0 Å². The van der Waals surface area contributed by atoms with E-state index >= 15 is 0 Å². The van der Waals surface area contributed by atoms with Crippen LogP contribution in [0.2, 0.25) is 0 Å². The van der Waals surface area contributed by atoms with Crippen LogP contribution in [0.4, 0.5) is 0 Å². The maximum atomic E-state index is 6.01. The molecule has 0 unspecified atom stereocenters. The molecule has 3 heteroatoms. The highest BCUT2D eigenvalue weighted by atomic mass is 16.5. The minimum atomic E-state index is 0.0767. The number of pyridine rings is 1. The third kappa shape index (κ3) is 4.87. The van der Waals surface area contributed by atoms with Crippen molar-refractivity contribution in [2.45, 2.75) is 46.2 Å². The summed E-state index contributed by atoms with van der Waals surface area (Å²) in [5, 5.41) is 3.43. The molecule has 0 radical (unpaired) electrons. The monoisotopic (exact) mass is 284 g/mol. The van der Waals surface area contributed by atoms with Crippen molar-refractivity contribution in [3.8, 4) is 11.5 Å². The molecule has 2 aromatic rings. The average Bonchev–Trinajstić information content (AvgIpc) is 2.45. The van der Waals surface area contributed by atoms with E-state index in [0.717, 1.165) is 30.2 Å². The van der Waals surface area contributed by atoms with Crippen molar-refractivity contribution in [3.63, 3.8) is 0 Å². The standard InChI is InChI=1S/C18H24N2O/c1-5-14-8-6-7-9-17(14)21-16-10-11-19-15(12-16)13-20-18(2,3)4/h6-12,20H,5,13H2,1-4H3. The van der Waals surface area contributed by atoms with Gasteiger partial charge in [-0.15, -0.1) is 0 Å². The first-order valence-electron chi connectivity index (χ1n) is 7.43. The lowest BCUT2D eigenvalue weighted by atomic mass is 10.1. The molecule has 1 heterocycles. The third-order valence-corrected chi connectivity index (χ3v) is 3.17. The Morgan fingerprint density at radius 3 is 2.62 bits per heavy atom. The number of hydrogen-bond acceptors (Lipinski definition) is 3. The number of nitrogens with one attached hydrogen (secondary N) is 1. The van der Waals surface area contributed by atoms with Gasteiger partial charge in [-0.25, -0.2) is 0 Å². The zero-order valence-corrected chi connectivity index (χ0v) is 13.3. The fourth-order valence-electron chi connectivity index (χ4n) is 1.99. The molecule has 3 nitrogen and oxygen atoms in total. The Hall–Kier alpha value is -1.87. The van der Waals surface area contributed by atoms with Crippen molar-refractivity contribution >= 4 is 0 Å². The van der Waals surface area contributed by atoms with E-state index in [4.69, 9.17) is 4.74 Å². The minimum Gasteiger partial charge on any atom is -0.457 e. The summed E-state index contributed by atoms with van der Waals surface area (Å²) in [5.74, 6) is 1.75. The van der Waals surface area contributed by atoms with Gasteiger partial charge in [0, 0.05) is 24.3 Å². The lowest BCUT2D eigenvalue weighted by Crippen LogP contribution is -2.35. The summed E-state index contributed by atoms with van der Waals surface area (Å²) < 4.78 is 6.01. The van der Waals surface area contributed by atoms with E-state index in [1.165, 1.54) is 5.56 Å². The van der Waals surface area contributed by atoms with Crippen LogP contribution in [0.25, 0.3) is 0 Å². The lowest BCUT2D eigenvalue weighted by Gasteiger charge is -2.20. The summed E-state index contributed by atoms with van der Waals surface area (Å²) in [6.07, 6.45) is 2.75. The van der Waals surface area contributed by atoms with Crippen molar-refractivity contribution in [1.82, 2.24) is 10.3 Å². The number of hydrogen-bond donors (Lipinski definition) is 1. The molecule has 1 N–H and O–H groups in total.